The van der Waals surface area contributed by atoms with Gasteiger partial charge in [0.05, 0.1) is 0 Å². The summed E-state index contributed by atoms with van der Waals surface area (Å²) in [5.74, 6) is 0. The van der Waals surface area contributed by atoms with Crippen molar-refractivity contribution in [2.24, 2.45) is 0 Å². The largest absolute Gasteiger partial charge is 0.456 e. The maximum atomic E-state index is 6.34. The second kappa shape index (κ2) is 12.9. The van der Waals surface area contributed by atoms with Crippen LogP contribution in [-0.4, -0.2) is 0 Å². The highest BCUT2D eigenvalue weighted by Gasteiger charge is 2.36. The topological polar surface area (TPSA) is 13.1 Å². The van der Waals surface area contributed by atoms with Crippen LogP contribution < -0.4 is 10.4 Å². The van der Waals surface area contributed by atoms with E-state index in [0.29, 0.717) is 0 Å². The number of hydrogen-bond donors (Lipinski definition) is 0. The molecule has 10 aromatic carbocycles. The SMILES string of the molecule is CC1(C)c2ccc(-c3c4c(c(-c5ccc6ccccc6c5)c5ccccc35)=CCCC=4)cc2-c2ccc(-c3ccc4sc5c(ccc6ccc7oc8ccccc8c7c65)c4c3)cc21. The molecule has 2 aliphatic carbocycles. The molecule has 0 N–H and O–H groups in total. The minimum absolute atomic E-state index is 0.141. The molecular weight excluding hydrogens is 781 g/mol. The minimum Gasteiger partial charge on any atom is -0.456 e. The second-order valence-corrected chi connectivity index (χ2v) is 19.3. The van der Waals surface area contributed by atoms with Gasteiger partial charge in [-0.1, -0.05) is 153 Å². The molecule has 2 aliphatic rings. The summed E-state index contributed by atoms with van der Waals surface area (Å²) in [6, 6.07) is 63.7. The predicted octanol–water partition coefficient (Wildman–Crippen LogP) is 16.1. The van der Waals surface area contributed by atoms with Crippen molar-refractivity contribution in [1.29, 1.82) is 0 Å². The molecule has 63 heavy (non-hydrogen) atoms. The van der Waals surface area contributed by atoms with Gasteiger partial charge >= 0.3 is 0 Å². The van der Waals surface area contributed by atoms with Crippen molar-refractivity contribution < 1.29 is 4.42 Å². The Hall–Kier alpha value is -7.26. The molecular formula is C61H40OS. The van der Waals surface area contributed by atoms with Gasteiger partial charge in [-0.3, -0.25) is 0 Å². The van der Waals surface area contributed by atoms with E-state index in [1.165, 1.54) is 129 Å². The molecule has 2 heterocycles. The normalized spacial score (nSPS) is 14.1. The van der Waals surface area contributed by atoms with Gasteiger partial charge in [-0.05, 0) is 148 Å². The summed E-state index contributed by atoms with van der Waals surface area (Å²) in [4.78, 5) is 0. The Bertz CT molecular complexity index is 4120. The third kappa shape index (κ3) is 4.99. The Balaban J connectivity index is 0.906. The number of furan rings is 1. The van der Waals surface area contributed by atoms with Gasteiger partial charge < -0.3 is 4.42 Å². The fourth-order valence-corrected chi connectivity index (χ4v) is 12.7. The lowest BCUT2D eigenvalue weighted by Crippen LogP contribution is -2.31. The Morgan fingerprint density at radius 3 is 1.90 bits per heavy atom. The van der Waals surface area contributed by atoms with Crippen LogP contribution in [0.15, 0.2) is 174 Å². The molecule has 2 heteroatoms. The van der Waals surface area contributed by atoms with Gasteiger partial charge in [-0.2, -0.15) is 0 Å². The molecule has 296 valence electrons. The summed E-state index contributed by atoms with van der Waals surface area (Å²) in [5, 5.41) is 15.4. The maximum absolute atomic E-state index is 6.34. The van der Waals surface area contributed by atoms with Gasteiger partial charge in [0.25, 0.3) is 0 Å². The maximum Gasteiger partial charge on any atom is 0.136 e. The average Bonchev–Trinajstić information content (AvgIpc) is 3.97. The van der Waals surface area contributed by atoms with Crippen molar-refractivity contribution in [2.45, 2.75) is 32.1 Å². The van der Waals surface area contributed by atoms with E-state index in [9.17, 15) is 0 Å². The first-order chi connectivity index (χ1) is 31.0. The molecule has 0 saturated heterocycles. The molecule has 1 nitrogen and oxygen atoms in total. The smallest absolute Gasteiger partial charge is 0.136 e. The summed E-state index contributed by atoms with van der Waals surface area (Å²) in [6.45, 7) is 4.81. The highest BCUT2D eigenvalue weighted by molar-refractivity contribution is 7.26. The van der Waals surface area contributed by atoms with Crippen molar-refractivity contribution in [2.75, 3.05) is 0 Å². The zero-order chi connectivity index (χ0) is 41.6. The summed E-state index contributed by atoms with van der Waals surface area (Å²) < 4.78 is 8.97. The third-order valence-electron chi connectivity index (χ3n) is 14.5. The summed E-state index contributed by atoms with van der Waals surface area (Å²) in [5.41, 5.74) is 15.0. The van der Waals surface area contributed by atoms with E-state index >= 15 is 0 Å². The van der Waals surface area contributed by atoms with Crippen LogP contribution >= 0.6 is 11.3 Å². The van der Waals surface area contributed by atoms with E-state index in [1.807, 2.05) is 11.3 Å². The molecule has 0 amide bonds. The van der Waals surface area contributed by atoms with E-state index in [1.54, 1.807) is 0 Å². The summed E-state index contributed by atoms with van der Waals surface area (Å²) in [6.07, 6.45) is 7.09. The zero-order valence-electron chi connectivity index (χ0n) is 35.1. The van der Waals surface area contributed by atoms with Crippen LogP contribution in [0.5, 0.6) is 0 Å². The first-order valence-corrected chi connectivity index (χ1v) is 23.0. The highest BCUT2D eigenvalue weighted by Crippen LogP contribution is 2.52. The van der Waals surface area contributed by atoms with Crippen LogP contribution in [0.2, 0.25) is 0 Å². The molecule has 12 aromatic rings. The molecule has 2 aromatic heterocycles. The monoisotopic (exact) mass is 820 g/mol. The Kier molecular flexibility index (Phi) is 7.23. The van der Waals surface area contributed by atoms with E-state index in [2.05, 4.69) is 196 Å². The van der Waals surface area contributed by atoms with Gasteiger partial charge in [0.1, 0.15) is 11.2 Å². The predicted molar refractivity (Wildman–Crippen MR) is 270 cm³/mol. The summed E-state index contributed by atoms with van der Waals surface area (Å²) >= 11 is 1.90. The van der Waals surface area contributed by atoms with Crippen molar-refractivity contribution in [3.05, 3.63) is 191 Å². The van der Waals surface area contributed by atoms with Crippen LogP contribution in [0, 0.1) is 0 Å². The van der Waals surface area contributed by atoms with Gasteiger partial charge in [0.15, 0.2) is 0 Å². The number of rotatable bonds is 3. The Morgan fingerprint density at radius 2 is 1.08 bits per heavy atom. The Labute approximate surface area is 368 Å². The number of thiophene rings is 1. The van der Waals surface area contributed by atoms with Crippen molar-refractivity contribution in [1.82, 2.24) is 0 Å². The van der Waals surface area contributed by atoms with E-state index in [-0.39, 0.29) is 5.41 Å². The minimum atomic E-state index is -0.141. The first-order valence-electron chi connectivity index (χ1n) is 22.2. The molecule has 0 spiro atoms. The van der Waals surface area contributed by atoms with E-state index in [0.717, 1.165) is 24.0 Å². The molecule has 0 fully saturated rings. The summed E-state index contributed by atoms with van der Waals surface area (Å²) in [7, 11) is 0. The van der Waals surface area contributed by atoms with E-state index in [4.69, 9.17) is 4.42 Å². The highest BCUT2D eigenvalue weighted by atomic mass is 32.1. The first kappa shape index (κ1) is 35.3. The van der Waals surface area contributed by atoms with Gasteiger partial charge in [0, 0.05) is 41.7 Å². The molecule has 0 atom stereocenters. The molecule has 0 aliphatic heterocycles. The fourth-order valence-electron chi connectivity index (χ4n) is 11.5. The van der Waals surface area contributed by atoms with Crippen LogP contribution in [0.25, 0.3) is 131 Å². The quantitative estimate of drug-likeness (QED) is 0.173. The van der Waals surface area contributed by atoms with E-state index < -0.39 is 0 Å². The standard InChI is InChI=1S/C61H40OS/c1-61(2)51-28-23-41(57-45-15-7-5-13-43(45)56(44-14-6-8-16-46(44)57)40-20-19-35-11-3-4-12-37(35)31-40)33-49(51)42-26-22-39(34-52(42)61)38-25-30-55-50(32-38)47-27-21-36-24-29-54-59(58(36)60(47)63-55)48-17-9-10-18-53(48)62-54/h3-5,7,9-34H,6,8H2,1-2H3. The molecule has 0 saturated carbocycles. The van der Waals surface area contributed by atoms with Gasteiger partial charge in [0.2, 0.25) is 0 Å². The lowest BCUT2D eigenvalue weighted by molar-refractivity contribution is 0.660. The lowest BCUT2D eigenvalue weighted by Gasteiger charge is -2.22. The van der Waals surface area contributed by atoms with Gasteiger partial charge in [-0.15, -0.1) is 11.3 Å². The molecule has 14 rings (SSSR count). The fraction of sp³-hybridized carbons (Fsp3) is 0.0820. The Morgan fingerprint density at radius 1 is 0.429 bits per heavy atom. The van der Waals surface area contributed by atoms with Crippen LogP contribution in [0.1, 0.15) is 37.8 Å². The van der Waals surface area contributed by atoms with Gasteiger partial charge in [-0.25, -0.2) is 0 Å². The van der Waals surface area contributed by atoms with Crippen molar-refractivity contribution in [3.8, 4) is 44.5 Å². The number of benzene rings is 10. The second-order valence-electron chi connectivity index (χ2n) is 18.2. The molecule has 0 radical (unpaired) electrons. The van der Waals surface area contributed by atoms with Crippen molar-refractivity contribution in [3.63, 3.8) is 0 Å². The number of hydrogen-bond acceptors (Lipinski definition) is 2. The molecule has 0 unspecified atom stereocenters. The average molecular weight is 821 g/mol. The number of fused-ring (bicyclic) bond motifs is 15. The zero-order valence-corrected chi connectivity index (χ0v) is 35.9. The van der Waals surface area contributed by atoms with Crippen LogP contribution in [0.3, 0.4) is 0 Å². The lowest BCUT2D eigenvalue weighted by atomic mass is 9.81. The molecule has 0 bridgehead atoms. The van der Waals surface area contributed by atoms with Crippen LogP contribution in [0.4, 0.5) is 0 Å². The van der Waals surface area contributed by atoms with Crippen LogP contribution in [-0.2, 0) is 5.41 Å². The van der Waals surface area contributed by atoms with Crippen molar-refractivity contribution >= 4 is 97.9 Å². The third-order valence-corrected chi connectivity index (χ3v) is 15.7. The number of para-hydroxylation sites is 1.